The van der Waals surface area contributed by atoms with E-state index in [0.717, 1.165) is 5.56 Å². The van der Waals surface area contributed by atoms with Gasteiger partial charge in [0, 0.05) is 31.5 Å². The Morgan fingerprint density at radius 3 is 2.25 bits per heavy atom. The van der Waals surface area contributed by atoms with Crippen molar-refractivity contribution in [3.63, 3.8) is 0 Å². The van der Waals surface area contributed by atoms with Crippen molar-refractivity contribution in [2.75, 3.05) is 0 Å². The van der Waals surface area contributed by atoms with Gasteiger partial charge in [-0.25, -0.2) is 9.59 Å². The summed E-state index contributed by atoms with van der Waals surface area (Å²) in [6.07, 6.45) is 1.35. The second-order valence-corrected chi connectivity index (χ2v) is 6.49. The largest absolute Gasteiger partial charge is 0.488 e. The highest BCUT2D eigenvalue weighted by Gasteiger charge is 2.38. The number of para-hydroxylation sites is 1. The third-order valence-electron chi connectivity index (χ3n) is 3.88. The molecular weight excluding hydrogens is 366 g/mol. The molecule has 3 rings (SSSR count). The minimum atomic E-state index is -1.31. The Kier molecular flexibility index (Phi) is 5.12. The summed E-state index contributed by atoms with van der Waals surface area (Å²) in [4.78, 5) is 34.5. The van der Waals surface area contributed by atoms with Crippen molar-refractivity contribution in [3.8, 4) is 5.75 Å². The molecule has 1 fully saturated rings. The Labute approximate surface area is 160 Å². The predicted molar refractivity (Wildman–Crippen MR) is 98.1 cm³/mol. The summed E-state index contributed by atoms with van der Waals surface area (Å²) in [6.45, 7) is 3.10. The number of ether oxygens (including phenoxy) is 3. The van der Waals surface area contributed by atoms with Crippen molar-refractivity contribution in [3.05, 3.63) is 75.3 Å². The lowest BCUT2D eigenvalue weighted by atomic mass is 10.1. The number of nitro benzene ring substituents is 1. The van der Waals surface area contributed by atoms with Crippen molar-refractivity contribution in [1.82, 2.24) is 0 Å². The summed E-state index contributed by atoms with van der Waals surface area (Å²) in [6, 6.07) is 12.8. The van der Waals surface area contributed by atoms with Crippen LogP contribution in [-0.4, -0.2) is 22.6 Å². The van der Waals surface area contributed by atoms with Crippen LogP contribution in [0.1, 0.15) is 25.0 Å². The van der Waals surface area contributed by atoms with Crippen LogP contribution in [0, 0.1) is 10.1 Å². The van der Waals surface area contributed by atoms with Gasteiger partial charge < -0.3 is 14.2 Å². The Bertz CT molecular complexity index is 939. The molecule has 1 saturated heterocycles. The molecule has 0 aromatic heterocycles. The number of hydrogen-bond donors (Lipinski definition) is 0. The fourth-order valence-corrected chi connectivity index (χ4v) is 2.54. The van der Waals surface area contributed by atoms with Crippen LogP contribution in [0.15, 0.2) is 54.1 Å². The second kappa shape index (κ2) is 7.51. The lowest BCUT2D eigenvalue weighted by Crippen LogP contribution is -2.41. The molecule has 0 radical (unpaired) electrons. The lowest BCUT2D eigenvalue weighted by Gasteiger charge is -2.29. The Balaban J connectivity index is 1.79. The van der Waals surface area contributed by atoms with Gasteiger partial charge in [-0.1, -0.05) is 18.2 Å². The van der Waals surface area contributed by atoms with Gasteiger partial charge in [0.1, 0.15) is 17.9 Å². The average Bonchev–Trinajstić information content (AvgIpc) is 2.63. The number of hydrogen-bond acceptors (Lipinski definition) is 7. The van der Waals surface area contributed by atoms with E-state index in [1.165, 1.54) is 32.1 Å². The number of carbonyl (C=O) groups excluding carboxylic acids is 2. The van der Waals surface area contributed by atoms with Gasteiger partial charge in [-0.3, -0.25) is 10.1 Å². The first-order valence-electron chi connectivity index (χ1n) is 8.39. The lowest BCUT2D eigenvalue weighted by molar-refractivity contribution is -0.384. The molecule has 0 bridgehead atoms. The number of carbonyl (C=O) groups is 2. The summed E-state index contributed by atoms with van der Waals surface area (Å²) in [5.41, 5.74) is 0.983. The van der Waals surface area contributed by atoms with Crippen LogP contribution in [0.5, 0.6) is 5.75 Å². The van der Waals surface area contributed by atoms with Crippen LogP contribution in [-0.2, 0) is 25.7 Å². The smallest absolute Gasteiger partial charge is 0.348 e. The number of esters is 2. The van der Waals surface area contributed by atoms with Crippen LogP contribution >= 0.6 is 0 Å². The Morgan fingerprint density at radius 2 is 1.64 bits per heavy atom. The molecule has 1 aliphatic rings. The molecule has 2 aromatic rings. The minimum Gasteiger partial charge on any atom is -0.488 e. The summed E-state index contributed by atoms with van der Waals surface area (Å²) in [7, 11) is 0. The maximum absolute atomic E-state index is 12.1. The van der Waals surface area contributed by atoms with Crippen LogP contribution in [0.25, 0.3) is 6.08 Å². The van der Waals surface area contributed by atoms with Gasteiger partial charge in [-0.15, -0.1) is 0 Å². The molecule has 2 aromatic carbocycles. The number of non-ortho nitro benzene ring substituents is 1. The molecule has 0 aliphatic carbocycles. The average molecular weight is 383 g/mol. The first kappa shape index (κ1) is 19.1. The van der Waals surface area contributed by atoms with Crippen LogP contribution in [0.3, 0.4) is 0 Å². The highest BCUT2D eigenvalue weighted by Crippen LogP contribution is 2.27. The highest BCUT2D eigenvalue weighted by atomic mass is 16.7. The maximum atomic E-state index is 12.1. The standard InChI is InChI=1S/C20H17NO7/c1-20(2)27-18(22)16(19(23)28-20)11-14-5-3-4-6-17(14)26-12-13-7-9-15(10-8-13)21(24)25/h3-11H,12H2,1-2H3. The van der Waals surface area contributed by atoms with Crippen molar-refractivity contribution in [2.45, 2.75) is 26.2 Å². The molecule has 1 heterocycles. The van der Waals surface area contributed by atoms with Gasteiger partial charge >= 0.3 is 11.9 Å². The van der Waals surface area contributed by atoms with Crippen LogP contribution in [0.4, 0.5) is 5.69 Å². The van der Waals surface area contributed by atoms with Gasteiger partial charge in [0.15, 0.2) is 0 Å². The molecule has 0 spiro atoms. The predicted octanol–water partition coefficient (Wildman–Crippen LogP) is 3.39. The first-order chi connectivity index (χ1) is 13.2. The topological polar surface area (TPSA) is 105 Å². The van der Waals surface area contributed by atoms with Gasteiger partial charge in [0.2, 0.25) is 0 Å². The van der Waals surface area contributed by atoms with Crippen LogP contribution in [0.2, 0.25) is 0 Å². The summed E-state index contributed by atoms with van der Waals surface area (Å²) >= 11 is 0. The fourth-order valence-electron chi connectivity index (χ4n) is 2.54. The molecule has 0 N–H and O–H groups in total. The van der Waals surface area contributed by atoms with E-state index >= 15 is 0 Å². The number of benzene rings is 2. The van der Waals surface area contributed by atoms with Gasteiger partial charge in [-0.2, -0.15) is 0 Å². The Hall–Kier alpha value is -3.68. The first-order valence-corrected chi connectivity index (χ1v) is 8.39. The van der Waals surface area contributed by atoms with E-state index in [0.29, 0.717) is 11.3 Å². The van der Waals surface area contributed by atoms with Gasteiger partial charge in [-0.05, 0) is 29.8 Å². The van der Waals surface area contributed by atoms with E-state index in [1.807, 2.05) is 0 Å². The third kappa shape index (κ3) is 4.35. The van der Waals surface area contributed by atoms with Gasteiger partial charge in [0.25, 0.3) is 11.5 Å². The zero-order valence-corrected chi connectivity index (χ0v) is 15.2. The zero-order chi connectivity index (χ0) is 20.3. The zero-order valence-electron chi connectivity index (χ0n) is 15.2. The normalized spacial score (nSPS) is 15.4. The monoisotopic (exact) mass is 383 g/mol. The molecule has 0 atom stereocenters. The number of rotatable bonds is 5. The second-order valence-electron chi connectivity index (χ2n) is 6.49. The van der Waals surface area contributed by atoms with E-state index < -0.39 is 22.6 Å². The van der Waals surface area contributed by atoms with E-state index in [-0.39, 0.29) is 17.9 Å². The van der Waals surface area contributed by atoms with E-state index in [1.54, 1.807) is 36.4 Å². The molecule has 0 unspecified atom stereocenters. The van der Waals surface area contributed by atoms with E-state index in [9.17, 15) is 19.7 Å². The summed E-state index contributed by atoms with van der Waals surface area (Å²) in [5, 5.41) is 10.7. The van der Waals surface area contributed by atoms with E-state index in [2.05, 4.69) is 0 Å². The molecule has 0 amide bonds. The molecule has 144 valence electrons. The van der Waals surface area contributed by atoms with Crippen molar-refractivity contribution >= 4 is 23.7 Å². The van der Waals surface area contributed by atoms with Gasteiger partial charge in [0.05, 0.1) is 4.92 Å². The summed E-state index contributed by atoms with van der Waals surface area (Å²) in [5.74, 6) is -2.42. The van der Waals surface area contributed by atoms with Crippen molar-refractivity contribution in [1.29, 1.82) is 0 Å². The maximum Gasteiger partial charge on any atom is 0.348 e. The Morgan fingerprint density at radius 1 is 1.04 bits per heavy atom. The SMILES string of the molecule is CC1(C)OC(=O)C(=Cc2ccccc2OCc2ccc([N+](=O)[O-])cc2)C(=O)O1. The number of cyclic esters (lactones) is 2. The highest BCUT2D eigenvalue weighted by molar-refractivity contribution is 6.19. The van der Waals surface area contributed by atoms with Crippen molar-refractivity contribution in [2.24, 2.45) is 0 Å². The summed E-state index contributed by atoms with van der Waals surface area (Å²) < 4.78 is 15.9. The van der Waals surface area contributed by atoms with Crippen molar-refractivity contribution < 1.29 is 28.7 Å². The molecule has 8 nitrogen and oxygen atoms in total. The minimum absolute atomic E-state index is 0.00821. The van der Waals surface area contributed by atoms with Crippen LogP contribution < -0.4 is 4.74 Å². The fraction of sp³-hybridized carbons (Fsp3) is 0.200. The molecule has 28 heavy (non-hydrogen) atoms. The molecular formula is C20H17NO7. The van der Waals surface area contributed by atoms with E-state index in [4.69, 9.17) is 14.2 Å². The molecule has 8 heteroatoms. The number of nitro groups is 1. The third-order valence-corrected chi connectivity index (χ3v) is 3.88. The quantitative estimate of drug-likeness (QED) is 0.256. The molecule has 0 saturated carbocycles. The number of nitrogens with zero attached hydrogens (tertiary/aromatic N) is 1. The molecule has 1 aliphatic heterocycles.